The number of aromatic hydroxyl groups is 2. The number of phenolic OH excluding ortho intramolecular Hbond substituents is 2. The number of imidazole rings is 1. The molecule has 652 valence electrons. The zero-order valence-electron chi connectivity index (χ0n) is 67.6. The molecular formula is C85H96N18O20S. The van der Waals surface area contributed by atoms with Gasteiger partial charge in [0.15, 0.2) is 10.7 Å². The van der Waals surface area contributed by atoms with Crippen LogP contribution in [0.15, 0.2) is 158 Å². The SMILES string of the molecule is CC(=O)NCCCC[C@H](NC(=O)[C@H](CC(=O)O)NC(=O)[C@@H](Cc1ccccc1)NC(=O)[C@H](Cc1c[nH]c2ccccc12)NC(C)=O)C(=O)N[C@H](Cc1ccccc1)C(=O)N[C@H](CC(N)=O)C(=O)N[C@@H](Cc1c[nH]cn1)C(=O)N[C@@H](CNC(C)=O)C(=O)N[C@@H](CCCCNC(=S)Nc1ccc2c(c1)C(=O)OC21c2ccc(O)cc2Oc2cc(O)ccc21)C(N)=O. The van der Waals surface area contributed by atoms with Crippen LogP contribution in [0, 0.1) is 0 Å². The predicted molar refractivity (Wildman–Crippen MR) is 450 cm³/mol. The van der Waals surface area contributed by atoms with Crippen molar-refractivity contribution in [1.29, 1.82) is 0 Å². The Morgan fingerprint density at radius 3 is 1.50 bits per heavy atom. The number of hydrogen-bond acceptors (Lipinski definition) is 21. The molecule has 10 rings (SSSR count). The number of hydrogen-bond donors (Lipinski definition) is 20. The van der Waals surface area contributed by atoms with E-state index in [4.69, 9.17) is 33.2 Å². The number of phenols is 2. The lowest BCUT2D eigenvalue weighted by molar-refractivity contribution is -0.141. The summed E-state index contributed by atoms with van der Waals surface area (Å²) in [5.41, 5.74) is 14.4. The average molecular weight is 1720 g/mol. The molecule has 38 nitrogen and oxygen atoms in total. The number of unbranched alkanes of at least 4 members (excludes halogenated alkanes) is 2. The number of anilines is 1. The lowest BCUT2D eigenvalue weighted by Crippen LogP contribution is -2.62. The van der Waals surface area contributed by atoms with Crippen LogP contribution in [-0.4, -0.2) is 198 Å². The van der Waals surface area contributed by atoms with Crippen LogP contribution in [-0.2, 0) is 103 Å². The number of nitrogens with two attached hydrogens (primary N) is 2. The number of carboxylic acid groups (broad SMARTS) is 1. The number of aromatic nitrogens is 3. The van der Waals surface area contributed by atoms with Gasteiger partial charge in [-0.05, 0) is 110 Å². The van der Waals surface area contributed by atoms with Crippen LogP contribution in [0.25, 0.3) is 10.9 Å². The third-order valence-corrected chi connectivity index (χ3v) is 20.5. The van der Waals surface area contributed by atoms with Gasteiger partial charge in [0.25, 0.3) is 0 Å². The van der Waals surface area contributed by atoms with Gasteiger partial charge >= 0.3 is 11.9 Å². The number of benzene rings is 6. The van der Waals surface area contributed by atoms with E-state index in [1.807, 2.05) is 18.2 Å². The fraction of sp³-hybridized carbons (Fsp3) is 0.329. The van der Waals surface area contributed by atoms with E-state index in [0.29, 0.717) is 45.5 Å². The smallest absolute Gasteiger partial charge is 0.340 e. The van der Waals surface area contributed by atoms with Gasteiger partial charge in [0.1, 0.15) is 77.4 Å². The van der Waals surface area contributed by atoms with E-state index in [2.05, 4.69) is 84.1 Å². The number of nitrogens with zero attached hydrogens (tertiary/aromatic N) is 1. The number of thiocarbonyl (C=S) groups is 1. The third kappa shape index (κ3) is 25.2. The maximum Gasteiger partial charge on any atom is 0.340 e. The number of para-hydroxylation sites is 1. The zero-order valence-corrected chi connectivity index (χ0v) is 68.4. The number of aromatic amines is 2. The van der Waals surface area contributed by atoms with Crippen LogP contribution in [0.2, 0.25) is 0 Å². The molecule has 0 saturated heterocycles. The van der Waals surface area contributed by atoms with Gasteiger partial charge in [0.05, 0.1) is 30.4 Å². The highest BCUT2D eigenvalue weighted by Crippen LogP contribution is 2.57. The summed E-state index contributed by atoms with van der Waals surface area (Å²) in [4.78, 5) is 216. The molecule has 0 unspecified atom stereocenters. The van der Waals surface area contributed by atoms with Gasteiger partial charge in [-0.25, -0.2) is 9.78 Å². The fourth-order valence-corrected chi connectivity index (χ4v) is 14.5. The summed E-state index contributed by atoms with van der Waals surface area (Å²) in [5.74, 6) is -14.4. The fourth-order valence-electron chi connectivity index (χ4n) is 14.3. The van der Waals surface area contributed by atoms with Gasteiger partial charge in [-0.3, -0.25) is 67.1 Å². The average Bonchev–Trinajstić information content (AvgIpc) is 1.54. The van der Waals surface area contributed by atoms with Crippen molar-refractivity contribution in [3.05, 3.63) is 203 Å². The van der Waals surface area contributed by atoms with E-state index in [1.54, 1.807) is 103 Å². The van der Waals surface area contributed by atoms with E-state index in [1.165, 1.54) is 50.6 Å². The van der Waals surface area contributed by atoms with Gasteiger partial charge < -0.3 is 115 Å². The molecule has 2 aliphatic heterocycles. The number of fused-ring (bicyclic) bond motifs is 7. The summed E-state index contributed by atoms with van der Waals surface area (Å²) >= 11 is 5.59. The van der Waals surface area contributed by atoms with E-state index < -0.39 is 169 Å². The molecule has 2 aliphatic rings. The minimum atomic E-state index is -1.96. The lowest BCUT2D eigenvalue weighted by Gasteiger charge is -2.36. The normalized spacial score (nSPS) is 14.2. The monoisotopic (exact) mass is 1720 g/mol. The highest BCUT2D eigenvalue weighted by molar-refractivity contribution is 7.80. The van der Waals surface area contributed by atoms with Crippen LogP contribution < -0.4 is 85.3 Å². The molecule has 0 saturated carbocycles. The van der Waals surface area contributed by atoms with Crippen LogP contribution in [0.3, 0.4) is 0 Å². The van der Waals surface area contributed by atoms with E-state index >= 15 is 0 Å². The van der Waals surface area contributed by atoms with E-state index in [9.17, 15) is 87.2 Å². The lowest BCUT2D eigenvalue weighted by atomic mass is 9.77. The first-order valence-electron chi connectivity index (χ1n) is 39.7. The molecule has 0 bridgehead atoms. The van der Waals surface area contributed by atoms with Crippen molar-refractivity contribution in [2.24, 2.45) is 11.5 Å². The molecule has 6 aromatic carbocycles. The molecule has 2 aromatic heterocycles. The molecule has 0 radical (unpaired) electrons. The van der Waals surface area contributed by atoms with E-state index in [-0.39, 0.29) is 110 Å². The standard InChI is InChI=1S/C85H96N18O20S/c1-45(104)89-30-14-13-23-62(97-81(119)68(40-73(110)111)102-77(115)64(33-49-18-8-5-9-19-49)99-78(116)65(94-47(3)106)34-50-41-92-60-21-11-10-20-55(50)60)75(113)98-63(32-48-16-6-4-7-17-48)76(114)101-67(39-72(86)109)80(118)100-66(36-52-42-88-44-93-52)79(117)103-69(43-91-46(2)105)82(120)96-61(74(87)112)22-12-15-31-90-84(124)95-51-24-27-57-56(35-51)83(121)123-85(57)58-28-25-53(107)37-70(58)122-71-38-54(108)26-29-59(71)85/h4-11,16-21,24-29,35,37-38,41-42,44,61-69,92,107-108H,12-15,22-23,30-34,36,39-40,43H2,1-3H3,(H2,86,109)(H2,87,112)(H,88,93)(H,89,104)(H,91,105)(H,94,106)(H,96,120)(H,97,119)(H,98,113)(H,99,116)(H,100,118)(H,101,114)(H,102,115)(H,103,117)(H,110,111)(H2,90,95,124)/t61-,62-,63+,64+,65-,66-,67+,68-,69-/m0/s1. The zero-order chi connectivity index (χ0) is 89.3. The molecule has 13 amide bonds. The summed E-state index contributed by atoms with van der Waals surface area (Å²) in [5, 5.41) is 65.7. The van der Waals surface area contributed by atoms with Crippen LogP contribution in [0.1, 0.15) is 122 Å². The molecular weight excluding hydrogens is 1630 g/mol. The number of H-pyrrole nitrogens is 2. The first-order chi connectivity index (χ1) is 59.3. The third-order valence-electron chi connectivity index (χ3n) is 20.3. The second kappa shape index (κ2) is 42.9. The number of primary amides is 2. The van der Waals surface area contributed by atoms with E-state index in [0.717, 1.165) is 17.8 Å². The second-order valence-electron chi connectivity index (χ2n) is 29.7. The van der Waals surface area contributed by atoms with Crippen molar-refractivity contribution >= 4 is 123 Å². The number of nitrogens with one attached hydrogen (secondary N) is 15. The van der Waals surface area contributed by atoms with Crippen molar-refractivity contribution in [3.63, 3.8) is 0 Å². The van der Waals surface area contributed by atoms with Gasteiger partial charge in [-0.2, -0.15) is 0 Å². The molecule has 39 heteroatoms. The summed E-state index contributed by atoms with van der Waals surface area (Å²) in [7, 11) is 0. The Labute approximate surface area is 714 Å². The molecule has 8 aromatic rings. The minimum Gasteiger partial charge on any atom is -0.508 e. The number of aliphatic carboxylic acids is 1. The summed E-state index contributed by atoms with van der Waals surface area (Å²) in [6.07, 6.45) is 1.82. The van der Waals surface area contributed by atoms with Gasteiger partial charge in [-0.15, -0.1) is 0 Å². The van der Waals surface area contributed by atoms with Crippen LogP contribution >= 0.6 is 12.2 Å². The second-order valence-corrected chi connectivity index (χ2v) is 30.1. The molecule has 124 heavy (non-hydrogen) atoms. The number of carboxylic acids is 1. The molecule has 9 atom stereocenters. The number of amides is 13. The number of carbonyl (C=O) groups is 15. The number of carbonyl (C=O) groups excluding carboxylic acids is 14. The minimum absolute atomic E-state index is 0.0378. The Morgan fingerprint density at radius 2 is 0.960 bits per heavy atom. The molecule has 4 heterocycles. The first-order valence-corrected chi connectivity index (χ1v) is 40.1. The molecule has 0 aliphatic carbocycles. The Hall–Kier alpha value is -14.8. The van der Waals surface area contributed by atoms with Gasteiger partial charge in [0, 0.05) is 124 Å². The van der Waals surface area contributed by atoms with Gasteiger partial charge in [0.2, 0.25) is 76.8 Å². The summed E-state index contributed by atoms with van der Waals surface area (Å²) in [6.45, 7) is 3.35. The van der Waals surface area contributed by atoms with Crippen molar-refractivity contribution in [2.45, 2.75) is 158 Å². The first kappa shape index (κ1) is 91.5. The summed E-state index contributed by atoms with van der Waals surface area (Å²) < 4.78 is 12.2. The van der Waals surface area contributed by atoms with Crippen molar-refractivity contribution in [1.82, 2.24) is 78.8 Å². The van der Waals surface area contributed by atoms with Crippen molar-refractivity contribution < 1.29 is 96.7 Å². The van der Waals surface area contributed by atoms with Crippen molar-refractivity contribution in [2.75, 3.05) is 25.0 Å². The molecule has 22 N–H and O–H groups in total. The predicted octanol–water partition coefficient (Wildman–Crippen LogP) is 0.959. The molecule has 1 spiro atoms. The Balaban J connectivity index is 0.799. The Bertz CT molecular complexity index is 5250. The number of esters is 1. The maximum absolute atomic E-state index is 14.9. The maximum atomic E-state index is 14.9. The largest absolute Gasteiger partial charge is 0.508 e. The molecule has 0 fully saturated rings. The highest BCUT2D eigenvalue weighted by atomic mass is 32.1. The van der Waals surface area contributed by atoms with Crippen LogP contribution in [0.5, 0.6) is 23.0 Å². The Kier molecular flexibility index (Phi) is 31.7. The highest BCUT2D eigenvalue weighted by Gasteiger charge is 2.54. The summed E-state index contributed by atoms with van der Waals surface area (Å²) in [6, 6.07) is 22.5. The number of rotatable bonds is 43. The topological polar surface area (TPSA) is 588 Å². The Morgan fingerprint density at radius 1 is 0.484 bits per heavy atom. The van der Waals surface area contributed by atoms with Crippen molar-refractivity contribution in [3.8, 4) is 23.0 Å². The van der Waals surface area contributed by atoms with Crippen LogP contribution in [0.4, 0.5) is 5.69 Å². The van der Waals surface area contributed by atoms with Gasteiger partial charge in [-0.1, -0.05) is 84.9 Å². The number of ether oxygens (including phenoxy) is 2. The quantitative estimate of drug-likeness (QED) is 0.0144.